The van der Waals surface area contributed by atoms with Crippen LogP contribution in [0.1, 0.15) is 31.7 Å². The molecule has 37 nitrogen and oxygen atoms in total. The largest absolute Gasteiger partial charge is 0.478 e. The van der Waals surface area contributed by atoms with Gasteiger partial charge in [-0.3, -0.25) is 56.4 Å². The number of imidazole rings is 4. The average Bonchev–Trinajstić information content (AvgIpc) is 1.68. The van der Waals surface area contributed by atoms with Crippen molar-refractivity contribution >= 4 is 118 Å². The highest BCUT2D eigenvalue weighted by Crippen LogP contribution is 2.63. The molecule has 658 valence electrons. The topological polar surface area (TPSA) is 392 Å². The number of carbonyl (C=O) groups is 1. The van der Waals surface area contributed by atoms with E-state index in [1.54, 1.807) is 165 Å². The third-order valence-corrected chi connectivity index (χ3v) is 21.6. The summed E-state index contributed by atoms with van der Waals surface area (Å²) in [5.74, 6) is 2.26. The highest BCUT2D eigenvalue weighted by Gasteiger charge is 2.58. The molecule has 19 rings (SSSR count). The van der Waals surface area contributed by atoms with Gasteiger partial charge in [-0.2, -0.15) is 0 Å². The lowest BCUT2D eigenvalue weighted by Crippen LogP contribution is -2.59. The first-order chi connectivity index (χ1) is 62.2. The Hall–Kier alpha value is -17.2. The molecule has 0 radical (unpaired) electrons. The molecular formula is C92H96N28O9. The van der Waals surface area contributed by atoms with Crippen LogP contribution in [0.15, 0.2) is 279 Å². The van der Waals surface area contributed by atoms with Gasteiger partial charge in [0.05, 0.1) is 125 Å². The number of methoxy groups -OCH3 is 4. The van der Waals surface area contributed by atoms with Crippen LogP contribution in [0.4, 0.5) is 68.2 Å². The van der Waals surface area contributed by atoms with E-state index in [-0.39, 0.29) is 33.7 Å². The molecule has 3 saturated carbocycles. The average molecular weight is 1740 g/mol. The molecule has 0 atom stereocenters. The number of aromatic amines is 1. The molecule has 0 unspecified atom stereocenters. The molecule has 12 heterocycles. The van der Waals surface area contributed by atoms with Gasteiger partial charge in [-0.05, 0) is 129 Å². The van der Waals surface area contributed by atoms with Crippen LogP contribution in [-0.2, 0) is 58.7 Å². The van der Waals surface area contributed by atoms with Crippen molar-refractivity contribution in [2.24, 2.45) is 41.2 Å². The van der Waals surface area contributed by atoms with Crippen LogP contribution in [0.5, 0.6) is 23.5 Å². The lowest BCUT2D eigenvalue weighted by atomic mass is 9.49. The number of benzene rings is 4. The Morgan fingerprint density at radius 3 is 1.26 bits per heavy atom. The molecule has 9 N–H and O–H groups in total. The zero-order valence-electron chi connectivity index (χ0n) is 72.7. The van der Waals surface area contributed by atoms with Crippen molar-refractivity contribution in [3.05, 3.63) is 306 Å². The van der Waals surface area contributed by atoms with Crippen molar-refractivity contribution in [2.45, 2.75) is 44.8 Å². The van der Waals surface area contributed by atoms with E-state index in [9.17, 15) is 24.0 Å². The van der Waals surface area contributed by atoms with Gasteiger partial charge in [-0.1, -0.05) is 76.4 Å². The predicted octanol–water partition coefficient (Wildman–Crippen LogP) is 13.8. The van der Waals surface area contributed by atoms with Crippen LogP contribution in [-0.4, -0.2) is 130 Å². The summed E-state index contributed by atoms with van der Waals surface area (Å²) >= 11 is 0. The predicted molar refractivity (Wildman–Crippen MR) is 504 cm³/mol. The molecule has 0 spiro atoms. The number of hydrogen-bond acceptors (Lipinski definition) is 24. The van der Waals surface area contributed by atoms with Crippen LogP contribution in [0, 0.1) is 5.92 Å². The molecule has 37 heteroatoms. The van der Waals surface area contributed by atoms with Gasteiger partial charge in [0.1, 0.15) is 66.9 Å². The normalized spacial score (nSPS) is 13.3. The second kappa shape index (κ2) is 36.7. The standard InChI is InChI=1S/C26H27N7O3.C23H25N7O2.C22H23N7O2.C21H21N7O2/c1-4-21(34)28-18-7-5-6-16(8-18)12-32-14-19(29-20-13-31(2)30-24(20)36-3)22-23(25(32)35)33(15-27-22)26-9-17(10-26)11-26;1-6-15(3)25-16-9-8-10-17(11-16)30-13-18(26-19-12-28(4)27-22(19)32-5)20-21(23(30)31)29(7-2)14-24-20;1-6-14(2)24-15-8-7-9-16(10-15)29-12-17(19-20(22(29)30)27(3)13-23-19)25-18-11-28(4)26-21(18)31-5;1-5-13(2)24-14-7-6-8-15(9-14)28-11-16(18-19(21(28)29)23-12-22-18)25-17-10-27(3)26-20(17)30-4/h4-8,13-15,17,29H,1,9-12H2,2-3H3,(H,28,34);6,8-14,25-26H,1,3,7H2,2,4-5H3;6-13,24-25H,1-2H2,3-5H3;5-12,24-25H,1-2H2,3-4H3,(H,22,23). The summed E-state index contributed by atoms with van der Waals surface area (Å²) in [6, 6.07) is 29.9. The number of carbonyl (C=O) groups excluding carboxylic acids is 1. The maximum atomic E-state index is 13.8. The number of aromatic nitrogens is 20. The zero-order chi connectivity index (χ0) is 91.2. The molecule has 0 saturated heterocycles. The van der Waals surface area contributed by atoms with Gasteiger partial charge in [0.15, 0.2) is 0 Å². The Morgan fingerprint density at radius 1 is 0.442 bits per heavy atom. The van der Waals surface area contributed by atoms with Crippen molar-refractivity contribution in [1.29, 1.82) is 0 Å². The Morgan fingerprint density at radius 2 is 0.837 bits per heavy atom. The van der Waals surface area contributed by atoms with E-state index < -0.39 is 0 Å². The number of hydrogen-bond donors (Lipinski definition) is 9. The summed E-state index contributed by atoms with van der Waals surface area (Å²) in [5.41, 5.74) is 16.9. The summed E-state index contributed by atoms with van der Waals surface area (Å²) in [5, 5.41) is 42.6. The quantitative estimate of drug-likeness (QED) is 0.0149. The molecule has 3 aliphatic rings. The number of aryl methyl sites for hydroxylation is 6. The van der Waals surface area contributed by atoms with E-state index in [2.05, 4.69) is 138 Å². The van der Waals surface area contributed by atoms with E-state index in [0.29, 0.717) is 166 Å². The van der Waals surface area contributed by atoms with Gasteiger partial charge in [-0.25, -0.2) is 19.9 Å². The van der Waals surface area contributed by atoms with Crippen LogP contribution in [0.3, 0.4) is 0 Å². The minimum absolute atomic E-state index is 0.00983. The maximum absolute atomic E-state index is 13.8. The van der Waals surface area contributed by atoms with Gasteiger partial charge < -0.3 is 84.7 Å². The summed E-state index contributed by atoms with van der Waals surface area (Å²) in [6.07, 6.45) is 30.2. The lowest BCUT2D eigenvalue weighted by Gasteiger charge is -2.62. The molecule has 3 fully saturated rings. The van der Waals surface area contributed by atoms with Crippen molar-refractivity contribution in [2.75, 3.05) is 71.0 Å². The van der Waals surface area contributed by atoms with E-state index >= 15 is 0 Å². The Bertz CT molecular complexity index is 7330. The number of rotatable bonds is 30. The molecule has 1 amide bonds. The van der Waals surface area contributed by atoms with E-state index in [0.717, 1.165) is 47.8 Å². The summed E-state index contributed by atoms with van der Waals surface area (Å²) in [6.45, 7) is 29.1. The first-order valence-electron chi connectivity index (χ1n) is 40.6. The number of ether oxygens (including phenoxy) is 4. The number of fused-ring (bicyclic) bond motifs is 4. The number of allylic oxidation sites excluding steroid dienone is 3. The molecule has 4 aromatic carbocycles. The molecular weight excluding hydrogens is 1640 g/mol. The maximum Gasteiger partial charge on any atom is 0.281 e. The Labute approximate surface area is 738 Å². The smallest absolute Gasteiger partial charge is 0.281 e. The summed E-state index contributed by atoms with van der Waals surface area (Å²) in [4.78, 5) is 86.3. The van der Waals surface area contributed by atoms with Crippen molar-refractivity contribution < 1.29 is 23.7 Å². The third kappa shape index (κ3) is 17.9. The minimum atomic E-state index is -0.287. The molecule has 2 bridgehead atoms. The number of nitrogens with one attached hydrogen (secondary N) is 9. The van der Waals surface area contributed by atoms with Crippen molar-refractivity contribution in [3.8, 4) is 40.6 Å². The van der Waals surface area contributed by atoms with Crippen LogP contribution in [0.2, 0.25) is 0 Å². The highest BCUT2D eigenvalue weighted by atomic mass is 16.5. The highest BCUT2D eigenvalue weighted by molar-refractivity contribution is 5.99. The van der Waals surface area contributed by atoms with E-state index in [4.69, 9.17) is 18.9 Å². The van der Waals surface area contributed by atoms with Gasteiger partial charge in [0.25, 0.3) is 45.8 Å². The third-order valence-electron chi connectivity index (χ3n) is 21.6. The van der Waals surface area contributed by atoms with Gasteiger partial charge in [0.2, 0.25) is 5.91 Å². The van der Waals surface area contributed by atoms with Crippen LogP contribution < -0.4 is 83.7 Å². The second-order valence-electron chi connectivity index (χ2n) is 30.6. The number of H-pyrrole nitrogens is 1. The van der Waals surface area contributed by atoms with Gasteiger partial charge in [-0.15, -0.1) is 20.4 Å². The van der Waals surface area contributed by atoms with Gasteiger partial charge in [0, 0.05) is 112 Å². The Kier molecular flexibility index (Phi) is 24.7. The van der Waals surface area contributed by atoms with E-state index in [1.807, 2.05) is 135 Å². The first kappa shape index (κ1) is 86.8. The molecule has 129 heavy (non-hydrogen) atoms. The Balaban J connectivity index is 0.000000132. The summed E-state index contributed by atoms with van der Waals surface area (Å²) in [7, 11) is 15.3. The molecule has 16 aromatic rings. The van der Waals surface area contributed by atoms with Crippen LogP contribution in [0.25, 0.3) is 61.2 Å². The fourth-order valence-corrected chi connectivity index (χ4v) is 15.4. The number of pyridine rings is 4. The fraction of sp³-hybridized carbons (Fsp3) is 0.185. The molecule has 3 aliphatic carbocycles. The molecule has 0 aliphatic heterocycles. The van der Waals surface area contributed by atoms with E-state index in [1.165, 1.54) is 12.4 Å². The fourth-order valence-electron chi connectivity index (χ4n) is 15.4. The second-order valence-corrected chi connectivity index (χ2v) is 30.6. The minimum Gasteiger partial charge on any atom is -0.478 e. The van der Waals surface area contributed by atoms with Crippen molar-refractivity contribution in [1.82, 2.24) is 96.0 Å². The number of anilines is 12. The summed E-state index contributed by atoms with van der Waals surface area (Å²) < 4.78 is 40.1. The van der Waals surface area contributed by atoms with Crippen LogP contribution >= 0.6 is 0 Å². The SMILES string of the molecule is C=CC(=C)Nc1cccc(-n2cc(Nc3cn(C)nc3OC)c3nc[nH]c3c2=O)c1.C=CC(=C)Nc1cccc(-n2cc(Nc3cn(C)nc3OC)c3ncn(C)c3c2=O)c1.C=CC(=C)Nc1cccc(-n2cc(Nc3cn(C)nc3OC)c3ncn(CC)c3c2=O)c1.C=CC(=O)Nc1cccc(Cn2cc(Nc3cn(C)nc3OC)c3ncn(C45CC(C4)C5)c3c2=O)c1. The molecule has 12 aromatic heterocycles. The first-order valence-corrected chi connectivity index (χ1v) is 40.6. The number of amides is 1. The zero-order valence-corrected chi connectivity index (χ0v) is 72.7. The number of nitrogens with zero attached hydrogens (tertiary/aromatic N) is 19. The monoisotopic (exact) mass is 1740 g/mol. The lowest BCUT2D eigenvalue weighted by molar-refractivity contribution is -0.111. The van der Waals surface area contributed by atoms with Gasteiger partial charge >= 0.3 is 0 Å². The van der Waals surface area contributed by atoms with Crippen molar-refractivity contribution in [3.63, 3.8) is 0 Å².